The van der Waals surface area contributed by atoms with Gasteiger partial charge in [-0.3, -0.25) is 4.57 Å². The number of hydrogen-bond acceptors (Lipinski definition) is 1. The Bertz CT molecular complexity index is 2290. The first kappa shape index (κ1) is 24.8. The summed E-state index contributed by atoms with van der Waals surface area (Å²) in [5.41, 5.74) is 13.0. The molecule has 2 heteroatoms. The third kappa shape index (κ3) is 3.46. The fourth-order valence-electron chi connectivity index (χ4n) is 7.51. The van der Waals surface area contributed by atoms with Crippen molar-refractivity contribution in [1.82, 2.24) is 9.55 Å². The highest BCUT2D eigenvalue weighted by atomic mass is 15.0. The van der Waals surface area contributed by atoms with Gasteiger partial charge < -0.3 is 0 Å². The lowest BCUT2D eigenvalue weighted by Gasteiger charge is -2.34. The van der Waals surface area contributed by atoms with E-state index < -0.39 is 5.41 Å². The van der Waals surface area contributed by atoms with Crippen LogP contribution in [0.3, 0.4) is 0 Å². The minimum Gasteiger partial charge on any atom is -0.294 e. The molecular formula is C42H28N2. The fraction of sp³-hybridized carbons (Fsp3) is 0.0238. The molecule has 1 aliphatic rings. The number of fused-ring (bicyclic) bond motifs is 6. The van der Waals surface area contributed by atoms with Gasteiger partial charge in [0.2, 0.25) is 0 Å². The summed E-state index contributed by atoms with van der Waals surface area (Å²) in [4.78, 5) is 4.81. The minimum absolute atomic E-state index is 0.415. The van der Waals surface area contributed by atoms with Gasteiger partial charge in [0.05, 0.1) is 10.9 Å². The van der Waals surface area contributed by atoms with Gasteiger partial charge >= 0.3 is 0 Å². The van der Waals surface area contributed by atoms with E-state index in [4.69, 9.17) is 4.98 Å². The molecule has 2 aromatic heterocycles. The summed E-state index contributed by atoms with van der Waals surface area (Å²) in [5, 5.41) is 2.36. The SMILES string of the molecule is c1ccc(-n2c3ccc(-c4cccc(C5(c6ccccc6)c6ccccc6-c6ccccc65)c4)cc3c3cccnc32)cc1. The average Bonchev–Trinajstić information content (AvgIpc) is 3.60. The molecular weight excluding hydrogens is 532 g/mol. The van der Waals surface area contributed by atoms with Crippen LogP contribution < -0.4 is 0 Å². The normalized spacial score (nSPS) is 13.2. The smallest absolute Gasteiger partial charge is 0.145 e. The maximum Gasteiger partial charge on any atom is 0.145 e. The number of aromatic nitrogens is 2. The molecule has 44 heavy (non-hydrogen) atoms. The number of nitrogens with zero attached hydrogens (tertiary/aromatic N) is 2. The average molecular weight is 561 g/mol. The molecule has 2 heterocycles. The van der Waals surface area contributed by atoms with E-state index in [1.165, 1.54) is 49.9 Å². The van der Waals surface area contributed by atoms with Crippen molar-refractivity contribution in [3.05, 3.63) is 192 Å². The maximum absolute atomic E-state index is 4.81. The lowest BCUT2D eigenvalue weighted by molar-refractivity contribution is 0.769. The Kier molecular flexibility index (Phi) is 5.45. The summed E-state index contributed by atoms with van der Waals surface area (Å²) in [7, 11) is 0. The van der Waals surface area contributed by atoms with Crippen molar-refractivity contribution in [2.75, 3.05) is 0 Å². The van der Waals surface area contributed by atoms with Crippen LogP contribution in [0.25, 0.3) is 49.9 Å². The zero-order valence-electron chi connectivity index (χ0n) is 24.1. The van der Waals surface area contributed by atoms with Crippen molar-refractivity contribution in [3.63, 3.8) is 0 Å². The molecule has 9 rings (SSSR count). The van der Waals surface area contributed by atoms with Gasteiger partial charge in [0.25, 0.3) is 0 Å². The van der Waals surface area contributed by atoms with Crippen molar-refractivity contribution in [2.45, 2.75) is 5.41 Å². The first-order chi connectivity index (χ1) is 21.8. The first-order valence-electron chi connectivity index (χ1n) is 15.1. The van der Waals surface area contributed by atoms with Gasteiger partial charge in [-0.2, -0.15) is 0 Å². The van der Waals surface area contributed by atoms with Gasteiger partial charge in [-0.1, -0.05) is 121 Å². The lowest BCUT2D eigenvalue weighted by Crippen LogP contribution is -2.28. The largest absolute Gasteiger partial charge is 0.294 e. The molecule has 0 unspecified atom stereocenters. The van der Waals surface area contributed by atoms with Crippen LogP contribution in [0.4, 0.5) is 0 Å². The Morgan fingerprint density at radius 2 is 1.09 bits per heavy atom. The summed E-state index contributed by atoms with van der Waals surface area (Å²) in [6.45, 7) is 0. The standard InChI is InChI=1S/C42H28N2/c1-3-14-31(15-4-1)42(38-22-9-7-19-34(38)35-20-8-10-23-39(35)42)32-16-11-13-29(27-32)30-24-25-40-37(28-30)36-21-12-26-43-41(36)44(40)33-17-5-2-6-18-33/h1-28H. The second kappa shape index (κ2) is 9.65. The quantitative estimate of drug-likeness (QED) is 0.209. The van der Waals surface area contributed by atoms with E-state index in [-0.39, 0.29) is 0 Å². The molecule has 0 radical (unpaired) electrons. The summed E-state index contributed by atoms with van der Waals surface area (Å²) >= 11 is 0. The van der Waals surface area contributed by atoms with Crippen LogP contribution in [0.1, 0.15) is 22.3 Å². The van der Waals surface area contributed by atoms with E-state index in [9.17, 15) is 0 Å². The molecule has 8 aromatic rings. The number of para-hydroxylation sites is 1. The Hall–Kier alpha value is -5.73. The minimum atomic E-state index is -0.415. The van der Waals surface area contributed by atoms with Crippen molar-refractivity contribution < 1.29 is 0 Å². The highest BCUT2D eigenvalue weighted by Gasteiger charge is 2.45. The molecule has 0 spiro atoms. The summed E-state index contributed by atoms with van der Waals surface area (Å²) in [6, 6.07) is 59.6. The van der Waals surface area contributed by atoms with E-state index in [0.29, 0.717) is 0 Å². The third-order valence-corrected chi connectivity index (χ3v) is 9.33. The van der Waals surface area contributed by atoms with Crippen LogP contribution in [-0.4, -0.2) is 9.55 Å². The van der Waals surface area contributed by atoms with Gasteiger partial charge in [0.1, 0.15) is 5.65 Å². The third-order valence-electron chi connectivity index (χ3n) is 9.33. The summed E-state index contributed by atoms with van der Waals surface area (Å²) < 4.78 is 2.27. The van der Waals surface area contributed by atoms with Crippen LogP contribution in [0.5, 0.6) is 0 Å². The molecule has 0 saturated carbocycles. The lowest BCUT2D eigenvalue weighted by atomic mass is 9.67. The molecule has 0 atom stereocenters. The number of benzene rings is 6. The van der Waals surface area contributed by atoms with Gasteiger partial charge in [-0.05, 0) is 87.0 Å². The van der Waals surface area contributed by atoms with Gasteiger partial charge in [-0.15, -0.1) is 0 Å². The zero-order chi connectivity index (χ0) is 29.1. The number of pyridine rings is 1. The van der Waals surface area contributed by atoms with Crippen LogP contribution in [0, 0.1) is 0 Å². The Labute approximate surface area is 256 Å². The van der Waals surface area contributed by atoms with E-state index in [1.54, 1.807) is 0 Å². The van der Waals surface area contributed by atoms with Crippen molar-refractivity contribution in [2.24, 2.45) is 0 Å². The van der Waals surface area contributed by atoms with Crippen LogP contribution in [0.2, 0.25) is 0 Å². The molecule has 0 fully saturated rings. The van der Waals surface area contributed by atoms with Gasteiger partial charge in [0.15, 0.2) is 0 Å². The van der Waals surface area contributed by atoms with Gasteiger partial charge in [-0.25, -0.2) is 4.98 Å². The van der Waals surface area contributed by atoms with Crippen molar-refractivity contribution in [3.8, 4) is 27.9 Å². The summed E-state index contributed by atoms with van der Waals surface area (Å²) in [6.07, 6.45) is 1.88. The highest BCUT2D eigenvalue weighted by Crippen LogP contribution is 2.56. The Balaban J connectivity index is 1.29. The van der Waals surface area contributed by atoms with Gasteiger partial charge in [0, 0.05) is 22.7 Å². The van der Waals surface area contributed by atoms with E-state index in [1.807, 2.05) is 12.3 Å². The highest BCUT2D eigenvalue weighted by molar-refractivity contribution is 6.09. The van der Waals surface area contributed by atoms with E-state index in [2.05, 4.69) is 162 Å². The predicted molar refractivity (Wildman–Crippen MR) is 181 cm³/mol. The topological polar surface area (TPSA) is 17.8 Å². The molecule has 0 saturated heterocycles. The molecule has 2 nitrogen and oxygen atoms in total. The van der Waals surface area contributed by atoms with E-state index in [0.717, 1.165) is 22.2 Å². The monoisotopic (exact) mass is 560 g/mol. The second-order valence-electron chi connectivity index (χ2n) is 11.6. The van der Waals surface area contributed by atoms with Crippen molar-refractivity contribution in [1.29, 1.82) is 0 Å². The molecule has 0 aliphatic heterocycles. The van der Waals surface area contributed by atoms with Crippen molar-refractivity contribution >= 4 is 21.9 Å². The predicted octanol–water partition coefficient (Wildman–Crippen LogP) is 10.2. The Morgan fingerprint density at radius 1 is 0.455 bits per heavy atom. The maximum atomic E-state index is 4.81. The fourth-order valence-corrected chi connectivity index (χ4v) is 7.51. The van der Waals surface area contributed by atoms with Crippen LogP contribution in [-0.2, 0) is 5.41 Å². The summed E-state index contributed by atoms with van der Waals surface area (Å²) in [5.74, 6) is 0. The number of rotatable bonds is 4. The second-order valence-corrected chi connectivity index (χ2v) is 11.6. The first-order valence-corrected chi connectivity index (χ1v) is 15.1. The van der Waals surface area contributed by atoms with Crippen LogP contribution in [0.15, 0.2) is 170 Å². The molecule has 0 amide bonds. The molecule has 0 bridgehead atoms. The Morgan fingerprint density at radius 3 is 1.84 bits per heavy atom. The molecule has 206 valence electrons. The zero-order valence-corrected chi connectivity index (χ0v) is 24.1. The number of hydrogen-bond donors (Lipinski definition) is 0. The van der Waals surface area contributed by atoms with E-state index >= 15 is 0 Å². The molecule has 1 aliphatic carbocycles. The molecule has 6 aromatic carbocycles. The van der Waals surface area contributed by atoms with Crippen LogP contribution >= 0.6 is 0 Å². The molecule has 0 N–H and O–H groups in total.